The van der Waals surface area contributed by atoms with Crippen molar-refractivity contribution in [1.82, 2.24) is 30.1 Å². The van der Waals surface area contributed by atoms with Gasteiger partial charge < -0.3 is 5.32 Å². The lowest BCUT2D eigenvalue weighted by Crippen LogP contribution is -2.24. The number of nitrogens with one attached hydrogen (secondary N) is 1. The van der Waals surface area contributed by atoms with Crippen LogP contribution in [0, 0.1) is 0 Å². The van der Waals surface area contributed by atoms with Gasteiger partial charge in [0.2, 0.25) is 0 Å². The Morgan fingerprint density at radius 3 is 2.67 bits per heavy atom. The molecule has 6 heteroatoms. The molecule has 6 nitrogen and oxygen atoms in total. The van der Waals surface area contributed by atoms with Gasteiger partial charge >= 0.3 is 0 Å². The van der Waals surface area contributed by atoms with E-state index in [1.807, 2.05) is 18.8 Å². The standard InChI is InChI=1S/C12H20N6/c1-5-10-9(8-17(3)15-10)12(13-6-2)11-7-14-16-18(11)4/h7-8,12-13H,5-6H2,1-4H3. The van der Waals surface area contributed by atoms with Crippen molar-refractivity contribution in [3.8, 4) is 0 Å². The quantitative estimate of drug-likeness (QED) is 0.850. The highest BCUT2D eigenvalue weighted by Gasteiger charge is 2.21. The van der Waals surface area contributed by atoms with E-state index in [0.717, 1.165) is 24.4 Å². The summed E-state index contributed by atoms with van der Waals surface area (Å²) >= 11 is 0. The second-order valence-corrected chi connectivity index (χ2v) is 4.33. The van der Waals surface area contributed by atoms with Crippen LogP contribution in [0.3, 0.4) is 0 Å². The van der Waals surface area contributed by atoms with Crippen LogP contribution >= 0.6 is 0 Å². The van der Waals surface area contributed by atoms with E-state index in [4.69, 9.17) is 0 Å². The largest absolute Gasteiger partial charge is 0.305 e. The molecule has 0 aliphatic rings. The van der Waals surface area contributed by atoms with E-state index in [-0.39, 0.29) is 6.04 Å². The molecule has 0 saturated heterocycles. The van der Waals surface area contributed by atoms with Crippen LogP contribution in [-0.2, 0) is 20.5 Å². The summed E-state index contributed by atoms with van der Waals surface area (Å²) in [6, 6.07) is 0.0960. The van der Waals surface area contributed by atoms with E-state index >= 15 is 0 Å². The summed E-state index contributed by atoms with van der Waals surface area (Å²) in [7, 11) is 3.86. The van der Waals surface area contributed by atoms with Crippen LogP contribution in [0.5, 0.6) is 0 Å². The Morgan fingerprint density at radius 2 is 2.11 bits per heavy atom. The molecule has 1 N–H and O–H groups in total. The number of rotatable bonds is 5. The molecule has 98 valence electrons. The summed E-state index contributed by atoms with van der Waals surface area (Å²) in [5, 5.41) is 15.9. The molecule has 2 heterocycles. The third-order valence-electron chi connectivity index (χ3n) is 3.04. The van der Waals surface area contributed by atoms with E-state index in [0.29, 0.717) is 0 Å². The normalized spacial score (nSPS) is 12.9. The first-order valence-electron chi connectivity index (χ1n) is 6.27. The van der Waals surface area contributed by atoms with Crippen molar-refractivity contribution in [2.45, 2.75) is 26.3 Å². The first kappa shape index (κ1) is 12.8. The molecule has 0 radical (unpaired) electrons. The molecule has 0 amide bonds. The highest BCUT2D eigenvalue weighted by molar-refractivity contribution is 5.28. The Bertz CT molecular complexity index is 512. The average Bonchev–Trinajstić information content (AvgIpc) is 2.92. The Labute approximate surface area is 107 Å². The predicted octanol–water partition coefficient (Wildman–Crippen LogP) is 0.810. The fraction of sp³-hybridized carbons (Fsp3) is 0.583. The van der Waals surface area contributed by atoms with E-state index in [1.54, 1.807) is 10.9 Å². The fourth-order valence-electron chi connectivity index (χ4n) is 2.21. The van der Waals surface area contributed by atoms with Gasteiger partial charge in [0.25, 0.3) is 0 Å². The first-order chi connectivity index (χ1) is 8.67. The van der Waals surface area contributed by atoms with Crippen molar-refractivity contribution in [2.75, 3.05) is 6.54 Å². The zero-order valence-electron chi connectivity index (χ0n) is 11.4. The molecule has 0 saturated carbocycles. The Balaban J connectivity index is 2.44. The maximum absolute atomic E-state index is 4.50. The monoisotopic (exact) mass is 248 g/mol. The van der Waals surface area contributed by atoms with Crippen LogP contribution in [0.1, 0.15) is 36.8 Å². The van der Waals surface area contributed by atoms with Crippen molar-refractivity contribution in [2.24, 2.45) is 14.1 Å². The molecule has 0 bridgehead atoms. The van der Waals surface area contributed by atoms with Crippen molar-refractivity contribution < 1.29 is 0 Å². The van der Waals surface area contributed by atoms with Gasteiger partial charge in [0.1, 0.15) is 0 Å². The molecular weight excluding hydrogens is 228 g/mol. The SMILES string of the molecule is CCNC(c1cn(C)nc1CC)c1cnnn1C. The fourth-order valence-corrected chi connectivity index (χ4v) is 2.21. The maximum atomic E-state index is 4.50. The predicted molar refractivity (Wildman–Crippen MR) is 69.1 cm³/mol. The first-order valence-corrected chi connectivity index (χ1v) is 6.27. The van der Waals surface area contributed by atoms with Crippen LogP contribution in [-0.4, -0.2) is 31.3 Å². The summed E-state index contributed by atoms with van der Waals surface area (Å²) in [5.41, 5.74) is 3.37. The third kappa shape index (κ3) is 2.28. The number of hydrogen-bond acceptors (Lipinski definition) is 4. The van der Waals surface area contributed by atoms with E-state index in [1.165, 1.54) is 5.56 Å². The minimum absolute atomic E-state index is 0.0960. The summed E-state index contributed by atoms with van der Waals surface area (Å²) < 4.78 is 3.67. The second-order valence-electron chi connectivity index (χ2n) is 4.33. The lowest BCUT2D eigenvalue weighted by atomic mass is 10.0. The molecule has 2 aromatic rings. The molecule has 18 heavy (non-hydrogen) atoms. The molecule has 0 aliphatic carbocycles. The average molecular weight is 248 g/mol. The molecule has 0 fully saturated rings. The third-order valence-corrected chi connectivity index (χ3v) is 3.04. The van der Waals surface area contributed by atoms with Gasteiger partial charge in [0, 0.05) is 25.9 Å². The van der Waals surface area contributed by atoms with Gasteiger partial charge in [-0.25, -0.2) is 0 Å². The Kier molecular flexibility index (Phi) is 3.76. The molecule has 0 spiro atoms. The van der Waals surface area contributed by atoms with Crippen molar-refractivity contribution in [3.63, 3.8) is 0 Å². The van der Waals surface area contributed by atoms with Crippen LogP contribution in [0.25, 0.3) is 0 Å². The van der Waals surface area contributed by atoms with E-state index in [2.05, 4.69) is 40.8 Å². The summed E-state index contributed by atoms with van der Waals surface area (Å²) in [6.07, 6.45) is 4.79. The van der Waals surface area contributed by atoms with Crippen LogP contribution < -0.4 is 5.32 Å². The number of aromatic nitrogens is 5. The van der Waals surface area contributed by atoms with Crippen LogP contribution in [0.4, 0.5) is 0 Å². The summed E-state index contributed by atoms with van der Waals surface area (Å²) in [6.45, 7) is 5.10. The summed E-state index contributed by atoms with van der Waals surface area (Å²) in [5.74, 6) is 0. The van der Waals surface area contributed by atoms with E-state index in [9.17, 15) is 0 Å². The molecule has 0 aromatic carbocycles. The van der Waals surface area contributed by atoms with Crippen LogP contribution in [0.2, 0.25) is 0 Å². The molecule has 1 unspecified atom stereocenters. The minimum atomic E-state index is 0.0960. The molecule has 1 atom stereocenters. The second kappa shape index (κ2) is 5.30. The smallest absolute Gasteiger partial charge is 0.0799 e. The summed E-state index contributed by atoms with van der Waals surface area (Å²) in [4.78, 5) is 0. The maximum Gasteiger partial charge on any atom is 0.0799 e. The Hall–Kier alpha value is -1.69. The molecule has 2 aromatic heterocycles. The topological polar surface area (TPSA) is 60.6 Å². The van der Waals surface area contributed by atoms with Gasteiger partial charge in [-0.2, -0.15) is 5.10 Å². The van der Waals surface area contributed by atoms with Gasteiger partial charge in [-0.3, -0.25) is 9.36 Å². The van der Waals surface area contributed by atoms with Gasteiger partial charge in [-0.1, -0.05) is 19.1 Å². The molecular formula is C12H20N6. The number of nitrogens with zero attached hydrogens (tertiary/aromatic N) is 5. The Morgan fingerprint density at radius 1 is 1.33 bits per heavy atom. The van der Waals surface area contributed by atoms with E-state index < -0.39 is 0 Å². The number of aryl methyl sites for hydroxylation is 3. The lowest BCUT2D eigenvalue weighted by molar-refractivity contribution is 0.565. The molecule has 0 aliphatic heterocycles. The van der Waals surface area contributed by atoms with Gasteiger partial charge in [0.15, 0.2) is 0 Å². The zero-order chi connectivity index (χ0) is 13.1. The number of hydrogen-bond donors (Lipinski definition) is 1. The highest BCUT2D eigenvalue weighted by atomic mass is 15.4. The van der Waals surface area contributed by atoms with Crippen LogP contribution in [0.15, 0.2) is 12.4 Å². The minimum Gasteiger partial charge on any atom is -0.305 e. The van der Waals surface area contributed by atoms with Crippen molar-refractivity contribution >= 4 is 0 Å². The van der Waals surface area contributed by atoms with Gasteiger partial charge in [0.05, 0.1) is 23.6 Å². The highest BCUT2D eigenvalue weighted by Crippen LogP contribution is 2.23. The molecule has 2 rings (SSSR count). The van der Waals surface area contributed by atoms with Crippen molar-refractivity contribution in [3.05, 3.63) is 29.3 Å². The lowest BCUT2D eigenvalue weighted by Gasteiger charge is -2.17. The van der Waals surface area contributed by atoms with Gasteiger partial charge in [-0.05, 0) is 13.0 Å². The van der Waals surface area contributed by atoms with Gasteiger partial charge in [-0.15, -0.1) is 5.10 Å². The zero-order valence-corrected chi connectivity index (χ0v) is 11.4. The van der Waals surface area contributed by atoms with Crippen molar-refractivity contribution in [1.29, 1.82) is 0 Å².